The lowest BCUT2D eigenvalue weighted by Crippen LogP contribution is -2.35. The summed E-state index contributed by atoms with van der Waals surface area (Å²) in [6, 6.07) is 7.46. The van der Waals surface area contributed by atoms with Crippen molar-refractivity contribution in [3.8, 4) is 11.5 Å². The second-order valence-corrected chi connectivity index (χ2v) is 4.48. The molecule has 0 fully saturated rings. The summed E-state index contributed by atoms with van der Waals surface area (Å²) in [5, 5.41) is 2.83. The van der Waals surface area contributed by atoms with E-state index in [9.17, 15) is 4.79 Å². The lowest BCUT2D eigenvalue weighted by Gasteiger charge is -2.17. The average molecular weight is 251 g/mol. The summed E-state index contributed by atoms with van der Waals surface area (Å²) in [5.41, 5.74) is 0. The highest BCUT2D eigenvalue weighted by Gasteiger charge is 2.11. The molecule has 0 aromatic heterocycles. The van der Waals surface area contributed by atoms with Crippen LogP contribution < -0.4 is 14.8 Å². The number of ether oxygens (including phenoxy) is 2. The Labute approximate surface area is 108 Å². The van der Waals surface area contributed by atoms with Gasteiger partial charge in [0.1, 0.15) is 6.10 Å². The summed E-state index contributed by atoms with van der Waals surface area (Å²) in [5.74, 6) is 1.40. The van der Waals surface area contributed by atoms with Crippen molar-refractivity contribution in [2.75, 3.05) is 13.7 Å². The molecule has 1 N–H and O–H groups in total. The van der Waals surface area contributed by atoms with Crippen molar-refractivity contribution in [1.29, 1.82) is 0 Å². The minimum Gasteiger partial charge on any atom is -0.493 e. The maximum absolute atomic E-state index is 11.4. The molecular formula is C14H21NO3. The van der Waals surface area contributed by atoms with Crippen LogP contribution in [0, 0.1) is 5.92 Å². The van der Waals surface area contributed by atoms with Crippen LogP contribution in [0.4, 0.5) is 0 Å². The molecule has 0 aliphatic heterocycles. The van der Waals surface area contributed by atoms with Crippen LogP contribution in [0.2, 0.25) is 0 Å². The Morgan fingerprint density at radius 1 is 1.22 bits per heavy atom. The Morgan fingerprint density at radius 3 is 2.39 bits per heavy atom. The zero-order chi connectivity index (χ0) is 13.5. The third kappa shape index (κ3) is 4.28. The van der Waals surface area contributed by atoms with Crippen LogP contribution in [0.15, 0.2) is 24.3 Å². The van der Waals surface area contributed by atoms with Crippen LogP contribution in [0.25, 0.3) is 0 Å². The molecule has 0 saturated heterocycles. The summed E-state index contributed by atoms with van der Waals surface area (Å²) in [7, 11) is 1.60. The number of carbonyl (C=O) groups is 1. The van der Waals surface area contributed by atoms with E-state index < -0.39 is 0 Å². The molecule has 18 heavy (non-hydrogen) atoms. The van der Waals surface area contributed by atoms with Gasteiger partial charge in [-0.2, -0.15) is 0 Å². The Balaban J connectivity index is 2.49. The van der Waals surface area contributed by atoms with Gasteiger partial charge in [0.05, 0.1) is 13.7 Å². The first-order valence-electron chi connectivity index (χ1n) is 6.12. The van der Waals surface area contributed by atoms with Crippen molar-refractivity contribution in [1.82, 2.24) is 5.32 Å². The summed E-state index contributed by atoms with van der Waals surface area (Å²) in [6.07, 6.45) is -0.107. The smallest absolute Gasteiger partial charge is 0.222 e. The highest BCUT2D eigenvalue weighted by Crippen LogP contribution is 2.26. The monoisotopic (exact) mass is 251 g/mol. The Morgan fingerprint density at radius 2 is 1.83 bits per heavy atom. The van der Waals surface area contributed by atoms with Gasteiger partial charge in [-0.15, -0.1) is 0 Å². The van der Waals surface area contributed by atoms with Crippen LogP contribution in [-0.2, 0) is 4.79 Å². The fraction of sp³-hybridized carbons (Fsp3) is 0.500. The standard InChI is InChI=1S/C14H21NO3/c1-10(2)14(16)15-9-11(3)18-13-8-6-5-7-12(13)17-4/h5-8,10-11H,9H2,1-4H3,(H,15,16)/t11-/m0/s1. The topological polar surface area (TPSA) is 47.6 Å². The quantitative estimate of drug-likeness (QED) is 0.843. The van der Waals surface area contributed by atoms with E-state index in [2.05, 4.69) is 5.32 Å². The largest absolute Gasteiger partial charge is 0.493 e. The number of rotatable bonds is 6. The minimum absolute atomic E-state index is 0.0107. The third-order valence-corrected chi connectivity index (χ3v) is 2.49. The average Bonchev–Trinajstić information content (AvgIpc) is 2.36. The number of para-hydroxylation sites is 2. The first kappa shape index (κ1) is 14.4. The zero-order valence-corrected chi connectivity index (χ0v) is 11.4. The van der Waals surface area contributed by atoms with Crippen LogP contribution in [0.5, 0.6) is 11.5 Å². The van der Waals surface area contributed by atoms with Gasteiger partial charge in [-0.05, 0) is 19.1 Å². The molecule has 1 rings (SSSR count). The normalized spacial score (nSPS) is 12.1. The fourth-order valence-electron chi connectivity index (χ4n) is 1.42. The van der Waals surface area contributed by atoms with Crippen LogP contribution in [0.3, 0.4) is 0 Å². The molecule has 0 aliphatic carbocycles. The molecule has 1 atom stereocenters. The third-order valence-electron chi connectivity index (χ3n) is 2.49. The predicted molar refractivity (Wildman–Crippen MR) is 70.9 cm³/mol. The van der Waals surface area contributed by atoms with Crippen molar-refractivity contribution in [3.05, 3.63) is 24.3 Å². The lowest BCUT2D eigenvalue weighted by molar-refractivity contribution is -0.124. The van der Waals surface area contributed by atoms with Gasteiger partial charge in [0.2, 0.25) is 5.91 Å². The van der Waals surface area contributed by atoms with Crippen LogP contribution >= 0.6 is 0 Å². The van der Waals surface area contributed by atoms with Gasteiger partial charge in [-0.3, -0.25) is 4.79 Å². The van der Waals surface area contributed by atoms with Gasteiger partial charge in [0.25, 0.3) is 0 Å². The zero-order valence-electron chi connectivity index (χ0n) is 11.4. The first-order valence-corrected chi connectivity index (χ1v) is 6.12. The number of amides is 1. The highest BCUT2D eigenvalue weighted by molar-refractivity contribution is 5.77. The van der Waals surface area contributed by atoms with Crippen LogP contribution in [-0.4, -0.2) is 25.7 Å². The van der Waals surface area contributed by atoms with E-state index in [4.69, 9.17) is 9.47 Å². The molecule has 0 spiro atoms. The summed E-state index contributed by atoms with van der Waals surface area (Å²) in [6.45, 7) is 6.12. The molecule has 1 aromatic carbocycles. The van der Waals surface area contributed by atoms with Gasteiger partial charge in [-0.1, -0.05) is 26.0 Å². The summed E-state index contributed by atoms with van der Waals surface area (Å²) >= 11 is 0. The molecule has 4 nitrogen and oxygen atoms in total. The van der Waals surface area contributed by atoms with E-state index in [-0.39, 0.29) is 17.9 Å². The van der Waals surface area contributed by atoms with Crippen molar-refractivity contribution >= 4 is 5.91 Å². The van der Waals surface area contributed by atoms with E-state index >= 15 is 0 Å². The molecule has 0 bridgehead atoms. The Kier molecular flexibility index (Phi) is 5.49. The molecule has 1 amide bonds. The second-order valence-electron chi connectivity index (χ2n) is 4.48. The molecule has 0 aliphatic rings. The van der Waals surface area contributed by atoms with E-state index in [1.807, 2.05) is 45.0 Å². The van der Waals surface area contributed by atoms with Gasteiger partial charge in [0, 0.05) is 5.92 Å². The number of hydrogen-bond donors (Lipinski definition) is 1. The highest BCUT2D eigenvalue weighted by atomic mass is 16.5. The number of hydrogen-bond acceptors (Lipinski definition) is 3. The number of benzene rings is 1. The van der Waals surface area contributed by atoms with Crippen molar-refractivity contribution in [3.63, 3.8) is 0 Å². The minimum atomic E-state index is -0.107. The van der Waals surface area contributed by atoms with E-state index in [1.54, 1.807) is 7.11 Å². The molecular weight excluding hydrogens is 230 g/mol. The van der Waals surface area contributed by atoms with Crippen molar-refractivity contribution in [2.24, 2.45) is 5.92 Å². The fourth-order valence-corrected chi connectivity index (χ4v) is 1.42. The molecule has 0 unspecified atom stereocenters. The molecule has 0 heterocycles. The molecule has 0 radical (unpaired) electrons. The van der Waals surface area contributed by atoms with Crippen molar-refractivity contribution in [2.45, 2.75) is 26.9 Å². The molecule has 1 aromatic rings. The van der Waals surface area contributed by atoms with Gasteiger partial charge < -0.3 is 14.8 Å². The molecule has 4 heteroatoms. The SMILES string of the molecule is COc1ccccc1O[C@@H](C)CNC(=O)C(C)C. The molecule has 0 saturated carbocycles. The summed E-state index contributed by atoms with van der Waals surface area (Å²) < 4.78 is 10.9. The van der Waals surface area contributed by atoms with Crippen molar-refractivity contribution < 1.29 is 14.3 Å². The van der Waals surface area contributed by atoms with E-state index in [0.29, 0.717) is 18.0 Å². The maximum atomic E-state index is 11.4. The lowest BCUT2D eigenvalue weighted by atomic mass is 10.2. The first-order chi connectivity index (χ1) is 8.54. The number of methoxy groups -OCH3 is 1. The maximum Gasteiger partial charge on any atom is 0.222 e. The van der Waals surface area contributed by atoms with E-state index in [1.165, 1.54) is 0 Å². The van der Waals surface area contributed by atoms with Gasteiger partial charge in [-0.25, -0.2) is 0 Å². The Hall–Kier alpha value is -1.71. The predicted octanol–water partition coefficient (Wildman–Crippen LogP) is 2.23. The number of carbonyl (C=O) groups excluding carboxylic acids is 1. The van der Waals surface area contributed by atoms with Gasteiger partial charge >= 0.3 is 0 Å². The molecule has 100 valence electrons. The summed E-state index contributed by atoms with van der Waals surface area (Å²) in [4.78, 5) is 11.4. The number of nitrogens with one attached hydrogen (secondary N) is 1. The Bertz CT molecular complexity index is 390. The van der Waals surface area contributed by atoms with Crippen LogP contribution in [0.1, 0.15) is 20.8 Å². The van der Waals surface area contributed by atoms with E-state index in [0.717, 1.165) is 0 Å². The second kappa shape index (κ2) is 6.89. The van der Waals surface area contributed by atoms with Gasteiger partial charge in [0.15, 0.2) is 11.5 Å².